The van der Waals surface area contributed by atoms with Crippen LogP contribution in [0.25, 0.3) is 16.9 Å². The molecule has 0 aliphatic heterocycles. The minimum absolute atomic E-state index is 0.210. The predicted octanol–water partition coefficient (Wildman–Crippen LogP) is 2.18. The molecule has 2 heterocycles. The zero-order valence-corrected chi connectivity index (χ0v) is 15.6. The molecule has 0 spiro atoms. The summed E-state index contributed by atoms with van der Waals surface area (Å²) < 4.78 is 17.3. The van der Waals surface area contributed by atoms with E-state index in [1.54, 1.807) is 32.0 Å². The van der Waals surface area contributed by atoms with Gasteiger partial charge in [0.15, 0.2) is 17.1 Å². The summed E-state index contributed by atoms with van der Waals surface area (Å²) in [4.78, 5) is 16.8. The highest BCUT2D eigenvalue weighted by molar-refractivity contribution is 5.99. The van der Waals surface area contributed by atoms with E-state index in [1.165, 1.54) is 6.20 Å². The summed E-state index contributed by atoms with van der Waals surface area (Å²) in [5.41, 5.74) is 2.58. The van der Waals surface area contributed by atoms with Gasteiger partial charge in [-0.15, -0.1) is 0 Å². The third-order valence-electron chi connectivity index (χ3n) is 4.14. The molecule has 1 N–H and O–H groups in total. The SMILES string of the molecule is COCCCNC(=O)c1cnn2c(-c3ccc(OC)c(OC)c3)ccnc12. The van der Waals surface area contributed by atoms with Crippen molar-refractivity contribution >= 4 is 11.6 Å². The number of hydrogen-bond donors (Lipinski definition) is 1. The number of hydrogen-bond acceptors (Lipinski definition) is 6. The molecule has 0 unspecified atom stereocenters. The molecule has 27 heavy (non-hydrogen) atoms. The van der Waals surface area contributed by atoms with E-state index < -0.39 is 0 Å². The van der Waals surface area contributed by atoms with E-state index in [4.69, 9.17) is 14.2 Å². The molecule has 0 radical (unpaired) electrons. The van der Waals surface area contributed by atoms with Crippen LogP contribution in [0.4, 0.5) is 0 Å². The molecule has 0 bridgehead atoms. The Morgan fingerprint density at radius 3 is 2.70 bits per heavy atom. The fourth-order valence-electron chi connectivity index (χ4n) is 2.78. The summed E-state index contributed by atoms with van der Waals surface area (Å²) >= 11 is 0. The largest absolute Gasteiger partial charge is 0.493 e. The van der Waals surface area contributed by atoms with Gasteiger partial charge in [-0.3, -0.25) is 4.79 Å². The van der Waals surface area contributed by atoms with Crippen LogP contribution in [0.2, 0.25) is 0 Å². The number of nitrogens with one attached hydrogen (secondary N) is 1. The minimum Gasteiger partial charge on any atom is -0.493 e. The quantitative estimate of drug-likeness (QED) is 0.612. The molecular weight excluding hydrogens is 348 g/mol. The van der Waals surface area contributed by atoms with Crippen LogP contribution < -0.4 is 14.8 Å². The molecule has 3 aromatic rings. The van der Waals surface area contributed by atoms with Crippen LogP contribution in [-0.2, 0) is 4.74 Å². The van der Waals surface area contributed by atoms with E-state index in [0.29, 0.717) is 35.9 Å². The van der Waals surface area contributed by atoms with E-state index in [1.807, 2.05) is 24.3 Å². The highest BCUT2D eigenvalue weighted by Gasteiger charge is 2.16. The van der Waals surface area contributed by atoms with Gasteiger partial charge < -0.3 is 19.5 Å². The van der Waals surface area contributed by atoms with Gasteiger partial charge in [0.05, 0.1) is 26.1 Å². The average Bonchev–Trinajstić information content (AvgIpc) is 3.15. The third-order valence-corrected chi connectivity index (χ3v) is 4.14. The molecule has 0 saturated carbocycles. The molecule has 142 valence electrons. The molecule has 0 aliphatic carbocycles. The molecule has 8 nitrogen and oxygen atoms in total. The van der Waals surface area contributed by atoms with Gasteiger partial charge in [0, 0.05) is 32.0 Å². The Morgan fingerprint density at radius 1 is 1.15 bits per heavy atom. The van der Waals surface area contributed by atoms with Crippen LogP contribution in [0, 0.1) is 0 Å². The normalized spacial score (nSPS) is 10.8. The predicted molar refractivity (Wildman–Crippen MR) is 100 cm³/mol. The zero-order valence-electron chi connectivity index (χ0n) is 15.6. The molecule has 8 heteroatoms. The first kappa shape index (κ1) is 18.7. The second kappa shape index (κ2) is 8.50. The van der Waals surface area contributed by atoms with Gasteiger partial charge in [-0.25, -0.2) is 9.50 Å². The third kappa shape index (κ3) is 3.85. The van der Waals surface area contributed by atoms with Gasteiger partial charge in [-0.1, -0.05) is 0 Å². The standard InChI is InChI=1S/C19H22N4O4/c1-25-10-4-8-21-19(24)14-12-22-23-15(7-9-20-18(14)23)13-5-6-16(26-2)17(11-13)27-3/h5-7,9,11-12H,4,8,10H2,1-3H3,(H,21,24). The van der Waals surface area contributed by atoms with E-state index in [0.717, 1.165) is 17.7 Å². The van der Waals surface area contributed by atoms with Crippen LogP contribution in [0.15, 0.2) is 36.7 Å². The van der Waals surface area contributed by atoms with Gasteiger partial charge in [0.1, 0.15) is 5.56 Å². The van der Waals surface area contributed by atoms with E-state index >= 15 is 0 Å². The fourth-order valence-corrected chi connectivity index (χ4v) is 2.78. The number of fused-ring (bicyclic) bond motifs is 1. The molecule has 3 rings (SSSR count). The molecule has 0 saturated heterocycles. The Kier molecular flexibility index (Phi) is 5.87. The first-order valence-electron chi connectivity index (χ1n) is 8.52. The number of nitrogens with zero attached hydrogens (tertiary/aromatic N) is 3. The van der Waals surface area contributed by atoms with E-state index in [2.05, 4.69) is 15.4 Å². The van der Waals surface area contributed by atoms with Gasteiger partial charge in [0.2, 0.25) is 0 Å². The van der Waals surface area contributed by atoms with Gasteiger partial charge in [-0.05, 0) is 30.7 Å². The van der Waals surface area contributed by atoms with E-state index in [9.17, 15) is 4.79 Å². The van der Waals surface area contributed by atoms with Crippen molar-refractivity contribution in [3.8, 4) is 22.8 Å². The molecule has 1 aromatic carbocycles. The van der Waals surface area contributed by atoms with Crippen molar-refractivity contribution in [2.24, 2.45) is 0 Å². The van der Waals surface area contributed by atoms with Crippen molar-refractivity contribution in [1.82, 2.24) is 19.9 Å². The summed E-state index contributed by atoms with van der Waals surface area (Å²) in [6.07, 6.45) is 3.93. The van der Waals surface area contributed by atoms with Crippen LogP contribution in [0.3, 0.4) is 0 Å². The van der Waals surface area contributed by atoms with Gasteiger partial charge in [0.25, 0.3) is 5.91 Å². The Labute approximate surface area is 157 Å². The lowest BCUT2D eigenvalue weighted by Crippen LogP contribution is -2.25. The summed E-state index contributed by atoms with van der Waals surface area (Å²) in [6.45, 7) is 1.12. The van der Waals surface area contributed by atoms with E-state index in [-0.39, 0.29) is 5.91 Å². The monoisotopic (exact) mass is 370 g/mol. The van der Waals surface area contributed by atoms with Gasteiger partial charge in [-0.2, -0.15) is 5.10 Å². The Balaban J connectivity index is 1.93. The molecule has 0 aliphatic rings. The minimum atomic E-state index is -0.210. The fraction of sp³-hybridized carbons (Fsp3) is 0.316. The summed E-state index contributed by atoms with van der Waals surface area (Å²) in [5.74, 6) is 1.05. The number of aromatic nitrogens is 3. The second-order valence-electron chi connectivity index (χ2n) is 5.80. The maximum Gasteiger partial charge on any atom is 0.256 e. The van der Waals surface area contributed by atoms with Gasteiger partial charge >= 0.3 is 0 Å². The molecule has 0 fully saturated rings. The summed E-state index contributed by atoms with van der Waals surface area (Å²) in [5, 5.41) is 7.21. The number of amides is 1. The Morgan fingerprint density at radius 2 is 1.96 bits per heavy atom. The van der Waals surface area contributed by atoms with Crippen LogP contribution in [-0.4, -0.2) is 55.0 Å². The maximum atomic E-state index is 12.4. The molecular formula is C19H22N4O4. The van der Waals surface area contributed by atoms with Crippen molar-refractivity contribution in [2.75, 3.05) is 34.5 Å². The molecule has 0 atom stereocenters. The molecule has 2 aromatic heterocycles. The van der Waals surface area contributed by atoms with Crippen LogP contribution in [0.1, 0.15) is 16.8 Å². The Bertz CT molecular complexity index is 939. The lowest BCUT2D eigenvalue weighted by Gasteiger charge is -2.10. The summed E-state index contributed by atoms with van der Waals surface area (Å²) in [6, 6.07) is 7.43. The number of carbonyl (C=O) groups is 1. The zero-order chi connectivity index (χ0) is 19.2. The van der Waals surface area contributed by atoms with Crippen LogP contribution in [0.5, 0.6) is 11.5 Å². The number of benzene rings is 1. The number of ether oxygens (including phenoxy) is 3. The van der Waals surface area contributed by atoms with Crippen molar-refractivity contribution in [3.05, 3.63) is 42.2 Å². The lowest BCUT2D eigenvalue weighted by molar-refractivity contribution is 0.0950. The summed E-state index contributed by atoms with van der Waals surface area (Å²) in [7, 11) is 4.81. The van der Waals surface area contributed by atoms with Crippen molar-refractivity contribution in [2.45, 2.75) is 6.42 Å². The highest BCUT2D eigenvalue weighted by atomic mass is 16.5. The van der Waals surface area contributed by atoms with Crippen molar-refractivity contribution < 1.29 is 19.0 Å². The first-order chi connectivity index (χ1) is 13.2. The maximum absolute atomic E-state index is 12.4. The van der Waals surface area contributed by atoms with Crippen molar-refractivity contribution in [1.29, 1.82) is 0 Å². The molecule has 1 amide bonds. The second-order valence-corrected chi connectivity index (χ2v) is 5.80. The van der Waals surface area contributed by atoms with Crippen molar-refractivity contribution in [3.63, 3.8) is 0 Å². The number of rotatable bonds is 8. The average molecular weight is 370 g/mol. The topological polar surface area (TPSA) is 87.0 Å². The first-order valence-corrected chi connectivity index (χ1v) is 8.52. The number of methoxy groups -OCH3 is 3. The lowest BCUT2D eigenvalue weighted by atomic mass is 10.1. The highest BCUT2D eigenvalue weighted by Crippen LogP contribution is 2.32. The Hall–Kier alpha value is -3.13. The smallest absolute Gasteiger partial charge is 0.256 e. The number of carbonyl (C=O) groups excluding carboxylic acids is 1. The van der Waals surface area contributed by atoms with Crippen LogP contribution >= 0.6 is 0 Å².